The van der Waals surface area contributed by atoms with Gasteiger partial charge >= 0.3 is 0 Å². The van der Waals surface area contributed by atoms with Crippen LogP contribution in [0.3, 0.4) is 0 Å². The number of methoxy groups -OCH3 is 1. The van der Waals surface area contributed by atoms with E-state index in [0.29, 0.717) is 27.5 Å². The molecule has 0 aliphatic carbocycles. The molecule has 0 saturated carbocycles. The lowest BCUT2D eigenvalue weighted by Crippen LogP contribution is -2.24. The van der Waals surface area contributed by atoms with Gasteiger partial charge in [-0.15, -0.1) is 0 Å². The van der Waals surface area contributed by atoms with E-state index in [1.807, 2.05) is 78.9 Å². The molecule has 178 valence electrons. The molecule has 8 heteroatoms. The highest BCUT2D eigenvalue weighted by Crippen LogP contribution is 2.26. The number of nitrogens with zero attached hydrogens (tertiary/aromatic N) is 3. The number of benzene rings is 4. The summed E-state index contributed by atoms with van der Waals surface area (Å²) in [7, 11) is 1.60. The summed E-state index contributed by atoms with van der Waals surface area (Å²) in [5, 5.41) is 7.11. The normalized spacial score (nSPS) is 11.2. The Hall–Kier alpha value is -4.43. The van der Waals surface area contributed by atoms with Crippen molar-refractivity contribution in [3.8, 4) is 11.4 Å². The van der Waals surface area contributed by atoms with E-state index < -0.39 is 0 Å². The van der Waals surface area contributed by atoms with E-state index in [9.17, 15) is 9.59 Å². The van der Waals surface area contributed by atoms with Gasteiger partial charge in [0.1, 0.15) is 5.75 Å². The van der Waals surface area contributed by atoms with Crippen molar-refractivity contribution in [3.63, 3.8) is 0 Å². The van der Waals surface area contributed by atoms with Crippen LogP contribution in [0.2, 0.25) is 0 Å². The lowest BCUT2D eigenvalue weighted by Gasteiger charge is -2.12. The number of carbonyl (C=O) groups excluding carboxylic acids is 1. The Bertz CT molecular complexity index is 1650. The summed E-state index contributed by atoms with van der Waals surface area (Å²) in [4.78, 5) is 30.6. The molecule has 1 N–H and O–H groups in total. The van der Waals surface area contributed by atoms with Crippen LogP contribution in [0.15, 0.2) is 106 Å². The number of hydrazone groups is 1. The lowest BCUT2D eigenvalue weighted by atomic mass is 10.0. The van der Waals surface area contributed by atoms with Gasteiger partial charge < -0.3 is 4.74 Å². The van der Waals surface area contributed by atoms with Crippen molar-refractivity contribution >= 4 is 45.6 Å². The first-order chi connectivity index (χ1) is 17.7. The summed E-state index contributed by atoms with van der Waals surface area (Å²) in [5.74, 6) is 0.368. The minimum Gasteiger partial charge on any atom is -0.496 e. The van der Waals surface area contributed by atoms with Crippen molar-refractivity contribution in [2.24, 2.45) is 5.10 Å². The quantitative estimate of drug-likeness (QED) is 0.152. The fourth-order valence-electron chi connectivity index (χ4n) is 3.93. The average molecular weight is 495 g/mol. The molecule has 0 saturated heterocycles. The molecule has 5 aromatic rings. The number of rotatable bonds is 7. The fraction of sp³-hybridized carbons (Fsp3) is 0.0714. The van der Waals surface area contributed by atoms with Gasteiger partial charge in [0.15, 0.2) is 5.16 Å². The Morgan fingerprint density at radius 1 is 0.972 bits per heavy atom. The molecule has 1 aromatic heterocycles. The molecule has 1 amide bonds. The third kappa shape index (κ3) is 4.71. The summed E-state index contributed by atoms with van der Waals surface area (Å²) in [5.41, 5.74) is 4.43. The fourth-order valence-corrected chi connectivity index (χ4v) is 4.74. The maximum Gasteiger partial charge on any atom is 0.266 e. The molecule has 0 spiro atoms. The zero-order chi connectivity index (χ0) is 24.9. The first-order valence-corrected chi connectivity index (χ1v) is 12.2. The topological polar surface area (TPSA) is 85.6 Å². The summed E-state index contributed by atoms with van der Waals surface area (Å²) in [6.45, 7) is 0. The van der Waals surface area contributed by atoms with E-state index >= 15 is 0 Å². The first-order valence-electron chi connectivity index (χ1n) is 11.2. The van der Waals surface area contributed by atoms with E-state index in [2.05, 4.69) is 15.5 Å². The third-order valence-electron chi connectivity index (χ3n) is 5.63. The van der Waals surface area contributed by atoms with Crippen LogP contribution in [-0.4, -0.2) is 34.5 Å². The van der Waals surface area contributed by atoms with E-state index in [-0.39, 0.29) is 17.2 Å². The Kier molecular flexibility index (Phi) is 6.77. The number of nitrogens with one attached hydrogen (secondary N) is 1. The van der Waals surface area contributed by atoms with Crippen molar-refractivity contribution in [1.82, 2.24) is 15.0 Å². The molecule has 0 aliphatic heterocycles. The molecule has 0 radical (unpaired) electrons. The van der Waals surface area contributed by atoms with Gasteiger partial charge in [0.25, 0.3) is 11.5 Å². The van der Waals surface area contributed by atoms with Crippen molar-refractivity contribution in [1.29, 1.82) is 0 Å². The van der Waals surface area contributed by atoms with Crippen LogP contribution in [0, 0.1) is 0 Å². The summed E-state index contributed by atoms with van der Waals surface area (Å²) in [6, 6.07) is 28.2. The monoisotopic (exact) mass is 494 g/mol. The van der Waals surface area contributed by atoms with Crippen molar-refractivity contribution < 1.29 is 9.53 Å². The number of hydrogen-bond acceptors (Lipinski definition) is 6. The molecule has 0 atom stereocenters. The Morgan fingerprint density at radius 3 is 2.50 bits per heavy atom. The molecular formula is C28H22N4O3S. The van der Waals surface area contributed by atoms with Gasteiger partial charge in [-0.05, 0) is 41.1 Å². The van der Waals surface area contributed by atoms with Gasteiger partial charge in [0.2, 0.25) is 0 Å². The van der Waals surface area contributed by atoms with E-state index in [0.717, 1.165) is 16.3 Å². The largest absolute Gasteiger partial charge is 0.496 e. The summed E-state index contributed by atoms with van der Waals surface area (Å²) >= 11 is 1.18. The number of para-hydroxylation sites is 2. The maximum atomic E-state index is 13.3. The molecule has 4 aromatic carbocycles. The Balaban J connectivity index is 1.37. The van der Waals surface area contributed by atoms with Gasteiger partial charge in [0.05, 0.1) is 35.7 Å². The van der Waals surface area contributed by atoms with Gasteiger partial charge in [-0.3, -0.25) is 14.2 Å². The Labute approximate surface area is 211 Å². The van der Waals surface area contributed by atoms with E-state index in [1.165, 1.54) is 16.3 Å². The zero-order valence-corrected chi connectivity index (χ0v) is 20.2. The molecule has 1 heterocycles. The van der Waals surface area contributed by atoms with Gasteiger partial charge in [-0.1, -0.05) is 72.4 Å². The number of hydrogen-bond donors (Lipinski definition) is 1. The van der Waals surface area contributed by atoms with Crippen molar-refractivity contribution in [3.05, 3.63) is 107 Å². The van der Waals surface area contributed by atoms with Gasteiger partial charge in [0, 0.05) is 5.56 Å². The zero-order valence-electron chi connectivity index (χ0n) is 19.4. The van der Waals surface area contributed by atoms with E-state index in [4.69, 9.17) is 4.74 Å². The molecule has 36 heavy (non-hydrogen) atoms. The average Bonchev–Trinajstić information content (AvgIpc) is 2.92. The minimum atomic E-state index is -0.322. The molecule has 0 aliphatic rings. The highest BCUT2D eigenvalue weighted by Gasteiger charge is 2.14. The second-order valence-electron chi connectivity index (χ2n) is 7.87. The molecule has 0 fully saturated rings. The number of thioether (sulfide) groups is 1. The van der Waals surface area contributed by atoms with Crippen molar-refractivity contribution in [2.75, 3.05) is 12.9 Å². The van der Waals surface area contributed by atoms with Crippen LogP contribution >= 0.6 is 11.8 Å². The molecule has 0 bridgehead atoms. The van der Waals surface area contributed by atoms with Crippen LogP contribution in [-0.2, 0) is 4.79 Å². The van der Waals surface area contributed by atoms with Gasteiger partial charge in [-0.2, -0.15) is 5.10 Å². The standard InChI is InChI=1S/C28H22N4O3S/c1-35-25-16-15-19-9-5-6-12-21(19)23(25)17-29-31-26(33)18-36-28-30-24-14-8-7-13-22(24)27(34)32(28)20-10-3-2-4-11-20/h2-17H,18H2,1H3,(H,31,33)/b29-17+. The van der Waals surface area contributed by atoms with Crippen LogP contribution in [0.5, 0.6) is 5.75 Å². The van der Waals surface area contributed by atoms with E-state index in [1.54, 1.807) is 25.5 Å². The minimum absolute atomic E-state index is 0.0294. The maximum absolute atomic E-state index is 13.3. The van der Waals surface area contributed by atoms with Gasteiger partial charge in [-0.25, -0.2) is 10.4 Å². The van der Waals surface area contributed by atoms with Crippen LogP contribution in [0.4, 0.5) is 0 Å². The number of carbonyl (C=O) groups is 1. The molecule has 7 nitrogen and oxygen atoms in total. The lowest BCUT2D eigenvalue weighted by molar-refractivity contribution is -0.118. The number of aromatic nitrogens is 2. The van der Waals surface area contributed by atoms with Crippen molar-refractivity contribution in [2.45, 2.75) is 5.16 Å². The molecule has 0 unspecified atom stereocenters. The summed E-state index contributed by atoms with van der Waals surface area (Å²) in [6.07, 6.45) is 1.58. The predicted octanol–water partition coefficient (Wildman–Crippen LogP) is 4.79. The van der Waals surface area contributed by atoms with Crippen LogP contribution in [0.1, 0.15) is 5.56 Å². The highest BCUT2D eigenvalue weighted by atomic mass is 32.2. The predicted molar refractivity (Wildman–Crippen MR) is 144 cm³/mol. The number of amides is 1. The second-order valence-corrected chi connectivity index (χ2v) is 8.81. The second kappa shape index (κ2) is 10.5. The summed E-state index contributed by atoms with van der Waals surface area (Å²) < 4.78 is 7.00. The highest BCUT2D eigenvalue weighted by molar-refractivity contribution is 7.99. The number of ether oxygens (including phenoxy) is 1. The number of fused-ring (bicyclic) bond motifs is 2. The molecular weight excluding hydrogens is 472 g/mol. The Morgan fingerprint density at radius 2 is 1.69 bits per heavy atom. The van der Waals surface area contributed by atoms with Crippen LogP contribution < -0.4 is 15.7 Å². The molecule has 5 rings (SSSR count). The van der Waals surface area contributed by atoms with Crippen LogP contribution in [0.25, 0.3) is 27.4 Å². The third-order valence-corrected chi connectivity index (χ3v) is 6.56. The smallest absolute Gasteiger partial charge is 0.266 e. The first kappa shape index (κ1) is 23.3. The SMILES string of the molecule is COc1ccc2ccccc2c1/C=N/NC(=O)CSc1nc2ccccc2c(=O)n1-c1ccccc1.